The number of phenolic OH excluding ortho intramolecular Hbond substituents is 1. The fourth-order valence-electron chi connectivity index (χ4n) is 1.41. The Labute approximate surface area is 104 Å². The van der Waals surface area contributed by atoms with Crippen molar-refractivity contribution in [3.63, 3.8) is 0 Å². The highest BCUT2D eigenvalue weighted by molar-refractivity contribution is 5.32. The molecule has 0 aliphatic heterocycles. The van der Waals surface area contributed by atoms with Crippen LogP contribution in [0.25, 0.3) is 0 Å². The molecule has 0 saturated carbocycles. The first-order valence-electron chi connectivity index (χ1n) is 5.63. The van der Waals surface area contributed by atoms with Gasteiger partial charge >= 0.3 is 0 Å². The fraction of sp³-hybridized carbons (Fsp3) is 0.231. The van der Waals surface area contributed by atoms with Crippen LogP contribution >= 0.6 is 0 Å². The van der Waals surface area contributed by atoms with Gasteiger partial charge in [-0.3, -0.25) is 4.79 Å². The highest BCUT2D eigenvalue weighted by atomic mass is 16.5. The lowest BCUT2D eigenvalue weighted by Crippen LogP contribution is -2.11. The Morgan fingerprint density at radius 3 is 2.56 bits per heavy atom. The third kappa shape index (κ3) is 2.88. The molecule has 94 valence electrons. The topological polar surface area (TPSA) is 75.2 Å². The van der Waals surface area contributed by atoms with Gasteiger partial charge in [-0.15, -0.1) is 0 Å². The average Bonchev–Trinajstić information content (AvgIpc) is 2.31. The van der Waals surface area contributed by atoms with E-state index < -0.39 is 0 Å². The number of benzene rings is 1. The SMILES string of the molecule is CC(C)c1nc(Oc2ccc(O)cc2)cc(=O)[nH]1. The molecule has 18 heavy (non-hydrogen) atoms. The van der Waals surface area contributed by atoms with Crippen LogP contribution in [0.5, 0.6) is 17.4 Å². The van der Waals surface area contributed by atoms with E-state index in [0.29, 0.717) is 11.6 Å². The normalized spacial score (nSPS) is 10.6. The lowest BCUT2D eigenvalue weighted by Gasteiger charge is -2.08. The number of hydrogen-bond donors (Lipinski definition) is 2. The Kier molecular flexibility index (Phi) is 3.32. The van der Waals surface area contributed by atoms with Crippen molar-refractivity contribution in [3.05, 3.63) is 46.5 Å². The molecule has 0 aliphatic carbocycles. The van der Waals surface area contributed by atoms with Crippen molar-refractivity contribution in [2.75, 3.05) is 0 Å². The number of aromatic hydroxyl groups is 1. The lowest BCUT2D eigenvalue weighted by molar-refractivity contribution is 0.449. The highest BCUT2D eigenvalue weighted by Crippen LogP contribution is 2.21. The van der Waals surface area contributed by atoms with Crippen molar-refractivity contribution in [1.29, 1.82) is 0 Å². The van der Waals surface area contributed by atoms with E-state index in [4.69, 9.17) is 9.84 Å². The molecular formula is C13H14N2O3. The summed E-state index contributed by atoms with van der Waals surface area (Å²) in [6.45, 7) is 3.87. The molecule has 0 aliphatic rings. The minimum Gasteiger partial charge on any atom is -0.508 e. The zero-order valence-electron chi connectivity index (χ0n) is 10.2. The first-order chi connectivity index (χ1) is 8.54. The van der Waals surface area contributed by atoms with E-state index in [0.717, 1.165) is 0 Å². The van der Waals surface area contributed by atoms with Gasteiger partial charge in [0.15, 0.2) is 0 Å². The Morgan fingerprint density at radius 2 is 1.94 bits per heavy atom. The van der Waals surface area contributed by atoms with Gasteiger partial charge in [0.25, 0.3) is 5.56 Å². The van der Waals surface area contributed by atoms with Gasteiger partial charge in [0.1, 0.15) is 17.3 Å². The van der Waals surface area contributed by atoms with Crippen LogP contribution in [0.1, 0.15) is 25.6 Å². The van der Waals surface area contributed by atoms with E-state index in [-0.39, 0.29) is 23.1 Å². The fourth-order valence-corrected chi connectivity index (χ4v) is 1.41. The van der Waals surface area contributed by atoms with Crippen molar-refractivity contribution in [2.24, 2.45) is 0 Å². The summed E-state index contributed by atoms with van der Waals surface area (Å²) in [5.41, 5.74) is -0.248. The zero-order valence-corrected chi connectivity index (χ0v) is 10.2. The van der Waals surface area contributed by atoms with Crippen LogP contribution in [-0.2, 0) is 0 Å². The molecule has 0 fully saturated rings. The molecular weight excluding hydrogens is 232 g/mol. The maximum Gasteiger partial charge on any atom is 0.254 e. The molecule has 0 radical (unpaired) electrons. The number of nitrogens with one attached hydrogen (secondary N) is 1. The summed E-state index contributed by atoms with van der Waals surface area (Å²) in [7, 11) is 0. The molecule has 5 heteroatoms. The molecule has 0 saturated heterocycles. The third-order valence-corrected chi connectivity index (χ3v) is 2.34. The largest absolute Gasteiger partial charge is 0.508 e. The molecule has 2 N–H and O–H groups in total. The molecule has 0 bridgehead atoms. The van der Waals surface area contributed by atoms with Crippen molar-refractivity contribution in [1.82, 2.24) is 9.97 Å². The second-order valence-electron chi connectivity index (χ2n) is 4.22. The van der Waals surface area contributed by atoms with Gasteiger partial charge < -0.3 is 14.8 Å². The molecule has 1 heterocycles. The van der Waals surface area contributed by atoms with Gasteiger partial charge in [0, 0.05) is 5.92 Å². The predicted molar refractivity (Wildman–Crippen MR) is 67.1 cm³/mol. The molecule has 0 atom stereocenters. The molecule has 5 nitrogen and oxygen atoms in total. The van der Waals surface area contributed by atoms with E-state index in [2.05, 4.69) is 9.97 Å². The molecule has 0 unspecified atom stereocenters. The number of aromatic amines is 1. The van der Waals surface area contributed by atoms with Crippen LogP contribution < -0.4 is 10.3 Å². The monoisotopic (exact) mass is 246 g/mol. The van der Waals surface area contributed by atoms with Crippen molar-refractivity contribution >= 4 is 0 Å². The molecule has 0 amide bonds. The summed E-state index contributed by atoms with van der Waals surface area (Å²) < 4.78 is 5.46. The molecule has 1 aromatic heterocycles. The highest BCUT2D eigenvalue weighted by Gasteiger charge is 2.06. The van der Waals surface area contributed by atoms with Crippen LogP contribution in [0.2, 0.25) is 0 Å². The molecule has 1 aromatic carbocycles. The molecule has 2 rings (SSSR count). The van der Waals surface area contributed by atoms with Crippen LogP contribution in [0.3, 0.4) is 0 Å². The maximum atomic E-state index is 11.4. The van der Waals surface area contributed by atoms with Crippen LogP contribution in [0.4, 0.5) is 0 Å². The van der Waals surface area contributed by atoms with Gasteiger partial charge in [-0.1, -0.05) is 13.8 Å². The average molecular weight is 246 g/mol. The summed E-state index contributed by atoms with van der Waals surface area (Å²) in [5.74, 6) is 1.61. The minimum atomic E-state index is -0.248. The van der Waals surface area contributed by atoms with Crippen LogP contribution in [-0.4, -0.2) is 15.1 Å². The first kappa shape index (κ1) is 12.2. The first-order valence-corrected chi connectivity index (χ1v) is 5.63. The number of aromatic nitrogens is 2. The van der Waals surface area contributed by atoms with Gasteiger partial charge in [0.2, 0.25) is 5.88 Å². The summed E-state index contributed by atoms with van der Waals surface area (Å²) >= 11 is 0. The van der Waals surface area contributed by atoms with Crippen LogP contribution in [0.15, 0.2) is 35.1 Å². The summed E-state index contributed by atoms with van der Waals surface area (Å²) in [6, 6.07) is 7.51. The van der Waals surface area contributed by atoms with Crippen molar-refractivity contribution in [2.45, 2.75) is 19.8 Å². The van der Waals surface area contributed by atoms with E-state index in [9.17, 15) is 4.79 Å². The van der Waals surface area contributed by atoms with E-state index in [1.165, 1.54) is 18.2 Å². The van der Waals surface area contributed by atoms with Gasteiger partial charge in [-0.05, 0) is 24.3 Å². The van der Waals surface area contributed by atoms with Crippen LogP contribution in [0, 0.1) is 0 Å². The number of phenols is 1. The predicted octanol–water partition coefficient (Wildman–Crippen LogP) is 2.39. The number of H-pyrrole nitrogens is 1. The maximum absolute atomic E-state index is 11.4. The Morgan fingerprint density at radius 1 is 1.28 bits per heavy atom. The second kappa shape index (κ2) is 4.91. The Balaban J connectivity index is 2.28. The van der Waals surface area contributed by atoms with Gasteiger partial charge in [0.05, 0.1) is 6.07 Å². The van der Waals surface area contributed by atoms with Crippen molar-refractivity contribution < 1.29 is 9.84 Å². The third-order valence-electron chi connectivity index (χ3n) is 2.34. The summed E-state index contributed by atoms with van der Waals surface area (Å²) in [5, 5.41) is 9.16. The van der Waals surface area contributed by atoms with Crippen molar-refractivity contribution in [3.8, 4) is 17.4 Å². The number of nitrogens with zero attached hydrogens (tertiary/aromatic N) is 1. The number of rotatable bonds is 3. The Hall–Kier alpha value is -2.30. The van der Waals surface area contributed by atoms with Gasteiger partial charge in [-0.25, -0.2) is 0 Å². The van der Waals surface area contributed by atoms with Gasteiger partial charge in [-0.2, -0.15) is 4.98 Å². The lowest BCUT2D eigenvalue weighted by atomic mass is 10.2. The number of hydrogen-bond acceptors (Lipinski definition) is 4. The standard InChI is InChI=1S/C13H14N2O3/c1-8(2)13-14-11(17)7-12(15-13)18-10-5-3-9(16)4-6-10/h3-8,16H,1-2H3,(H,14,15,17). The Bertz CT molecular complexity index is 588. The van der Waals surface area contributed by atoms with E-state index in [1.54, 1.807) is 12.1 Å². The van der Waals surface area contributed by atoms with E-state index in [1.807, 2.05) is 13.8 Å². The summed E-state index contributed by atoms with van der Waals surface area (Å²) in [6.07, 6.45) is 0. The van der Waals surface area contributed by atoms with E-state index >= 15 is 0 Å². The minimum absolute atomic E-state index is 0.112. The molecule has 0 spiro atoms. The number of ether oxygens (including phenoxy) is 1. The molecule has 2 aromatic rings. The smallest absolute Gasteiger partial charge is 0.254 e. The summed E-state index contributed by atoms with van der Waals surface area (Å²) in [4.78, 5) is 18.3. The second-order valence-corrected chi connectivity index (χ2v) is 4.22. The zero-order chi connectivity index (χ0) is 13.1. The quantitative estimate of drug-likeness (QED) is 0.871.